The van der Waals surface area contributed by atoms with Crippen molar-refractivity contribution in [3.05, 3.63) is 70.6 Å². The van der Waals surface area contributed by atoms with Crippen LogP contribution >= 0.6 is 0 Å². The molecule has 1 N–H and O–H groups in total. The molecule has 0 bridgehead atoms. The fourth-order valence-electron chi connectivity index (χ4n) is 2.95. The van der Waals surface area contributed by atoms with Crippen LogP contribution in [0.4, 0.5) is 11.4 Å². The molecule has 0 saturated carbocycles. The molecule has 0 unspecified atom stereocenters. The first-order valence-electron chi connectivity index (χ1n) is 9.36. The molecule has 0 aliphatic rings. The number of hydrogen-bond acceptors (Lipinski definition) is 6. The molecule has 7 nitrogen and oxygen atoms in total. The summed E-state index contributed by atoms with van der Waals surface area (Å²) in [4.78, 5) is 38.4. The summed E-state index contributed by atoms with van der Waals surface area (Å²) in [5.41, 5.74) is 1.59. The van der Waals surface area contributed by atoms with E-state index in [1.807, 2.05) is 12.1 Å². The van der Waals surface area contributed by atoms with Crippen molar-refractivity contribution < 1.29 is 18.7 Å². The second-order valence-corrected chi connectivity index (χ2v) is 6.31. The highest BCUT2D eigenvalue weighted by atomic mass is 16.5. The molecule has 3 aromatic rings. The predicted molar refractivity (Wildman–Crippen MR) is 111 cm³/mol. The van der Waals surface area contributed by atoms with E-state index in [0.29, 0.717) is 11.1 Å². The summed E-state index contributed by atoms with van der Waals surface area (Å²) in [5, 5.41) is 3.04. The lowest BCUT2D eigenvalue weighted by Gasteiger charge is -2.21. The maximum Gasteiger partial charge on any atom is 0.374 e. The zero-order valence-electron chi connectivity index (χ0n) is 16.3. The van der Waals surface area contributed by atoms with Gasteiger partial charge in [0.1, 0.15) is 5.58 Å². The smallest absolute Gasteiger partial charge is 0.374 e. The topological polar surface area (TPSA) is 88.9 Å². The van der Waals surface area contributed by atoms with Gasteiger partial charge in [-0.25, -0.2) is 4.79 Å². The Morgan fingerprint density at radius 2 is 1.72 bits per heavy atom. The van der Waals surface area contributed by atoms with Crippen molar-refractivity contribution in [1.29, 1.82) is 0 Å². The molecule has 1 heterocycles. The van der Waals surface area contributed by atoms with E-state index in [0.717, 1.165) is 24.8 Å². The Balaban J connectivity index is 1.59. The van der Waals surface area contributed by atoms with Gasteiger partial charge in [0.05, 0.1) is 5.39 Å². The monoisotopic (exact) mass is 394 g/mol. The maximum absolute atomic E-state index is 12.1. The summed E-state index contributed by atoms with van der Waals surface area (Å²) >= 11 is 0. The van der Waals surface area contributed by atoms with Gasteiger partial charge in [0.15, 0.2) is 12.0 Å². The maximum atomic E-state index is 12.1. The number of hydrogen-bond donors (Lipinski definition) is 1. The van der Waals surface area contributed by atoms with Gasteiger partial charge in [-0.05, 0) is 50.2 Å². The standard InChI is InChI=1S/C22H22N2O5/c1-3-24(4-2)16-11-9-15(10-12-16)23-21(26)14-28-22(27)20-13-18(25)17-7-5-6-8-19(17)29-20/h5-13H,3-4,14H2,1-2H3,(H,23,26). The van der Waals surface area contributed by atoms with Crippen LogP contribution in [0.1, 0.15) is 24.4 Å². The lowest BCUT2D eigenvalue weighted by atomic mass is 10.2. The number of esters is 1. The van der Waals surface area contributed by atoms with Gasteiger partial charge in [-0.15, -0.1) is 0 Å². The minimum Gasteiger partial charge on any atom is -0.450 e. The molecule has 7 heteroatoms. The fourth-order valence-corrected chi connectivity index (χ4v) is 2.95. The zero-order chi connectivity index (χ0) is 20.8. The van der Waals surface area contributed by atoms with Crippen molar-refractivity contribution in [2.45, 2.75) is 13.8 Å². The number of ether oxygens (including phenoxy) is 1. The summed E-state index contributed by atoms with van der Waals surface area (Å²) in [6, 6.07) is 15.1. The molecule has 1 aromatic heterocycles. The fraction of sp³-hybridized carbons (Fsp3) is 0.227. The van der Waals surface area contributed by atoms with Gasteiger partial charge < -0.3 is 19.4 Å². The van der Waals surface area contributed by atoms with E-state index in [-0.39, 0.29) is 16.8 Å². The molecule has 0 fully saturated rings. The largest absolute Gasteiger partial charge is 0.450 e. The van der Waals surface area contributed by atoms with E-state index in [1.165, 1.54) is 0 Å². The number of anilines is 2. The first kappa shape index (κ1) is 20.1. The molecule has 0 aliphatic carbocycles. The molecule has 0 radical (unpaired) electrons. The van der Waals surface area contributed by atoms with Gasteiger partial charge in [-0.2, -0.15) is 0 Å². The van der Waals surface area contributed by atoms with Crippen LogP contribution in [0, 0.1) is 0 Å². The van der Waals surface area contributed by atoms with Gasteiger partial charge in [0.25, 0.3) is 5.91 Å². The third-order valence-corrected chi connectivity index (χ3v) is 4.45. The first-order chi connectivity index (χ1) is 14.0. The van der Waals surface area contributed by atoms with E-state index in [1.54, 1.807) is 36.4 Å². The lowest BCUT2D eigenvalue weighted by molar-refractivity contribution is -0.119. The summed E-state index contributed by atoms with van der Waals surface area (Å²) in [6.07, 6.45) is 0. The van der Waals surface area contributed by atoms with Crippen LogP contribution in [-0.4, -0.2) is 31.6 Å². The minimum absolute atomic E-state index is 0.245. The number of nitrogens with one attached hydrogen (secondary N) is 1. The number of benzene rings is 2. The molecule has 0 spiro atoms. The highest BCUT2D eigenvalue weighted by Gasteiger charge is 2.15. The number of fused-ring (bicyclic) bond motifs is 1. The Bertz CT molecular complexity index is 1070. The summed E-state index contributed by atoms with van der Waals surface area (Å²) < 4.78 is 10.4. The zero-order valence-corrected chi connectivity index (χ0v) is 16.3. The Hall–Kier alpha value is -3.61. The molecule has 2 aromatic carbocycles. The molecule has 0 aliphatic heterocycles. The van der Waals surface area contributed by atoms with Crippen molar-refractivity contribution in [1.82, 2.24) is 0 Å². The normalized spacial score (nSPS) is 10.6. The van der Waals surface area contributed by atoms with Gasteiger partial charge in [-0.3, -0.25) is 9.59 Å². The van der Waals surface area contributed by atoms with Crippen LogP contribution in [0.3, 0.4) is 0 Å². The second kappa shape index (κ2) is 9.05. The number of amides is 1. The molecule has 0 saturated heterocycles. The van der Waals surface area contributed by atoms with Gasteiger partial charge >= 0.3 is 5.97 Å². The van der Waals surface area contributed by atoms with Crippen LogP contribution in [0.2, 0.25) is 0 Å². The Labute approximate surface area is 167 Å². The molecular formula is C22H22N2O5. The van der Waals surface area contributed by atoms with Crippen LogP contribution in [-0.2, 0) is 9.53 Å². The van der Waals surface area contributed by atoms with E-state index in [9.17, 15) is 14.4 Å². The molecule has 29 heavy (non-hydrogen) atoms. The average molecular weight is 394 g/mol. The van der Waals surface area contributed by atoms with Crippen molar-refractivity contribution >= 4 is 34.2 Å². The summed E-state index contributed by atoms with van der Waals surface area (Å²) in [7, 11) is 0. The van der Waals surface area contributed by atoms with E-state index < -0.39 is 18.5 Å². The van der Waals surface area contributed by atoms with Crippen LogP contribution in [0.15, 0.2) is 63.8 Å². The van der Waals surface area contributed by atoms with Crippen LogP contribution < -0.4 is 15.6 Å². The molecule has 3 rings (SSSR count). The van der Waals surface area contributed by atoms with Crippen molar-refractivity contribution in [2.75, 3.05) is 29.9 Å². The predicted octanol–water partition coefficient (Wildman–Crippen LogP) is 3.43. The van der Waals surface area contributed by atoms with E-state index in [4.69, 9.17) is 9.15 Å². The van der Waals surface area contributed by atoms with Gasteiger partial charge in [0, 0.05) is 30.5 Å². The number of rotatable bonds is 7. The average Bonchev–Trinajstić information content (AvgIpc) is 2.74. The third-order valence-electron chi connectivity index (χ3n) is 4.45. The van der Waals surface area contributed by atoms with Crippen molar-refractivity contribution in [3.8, 4) is 0 Å². The number of para-hydroxylation sites is 1. The third kappa shape index (κ3) is 4.82. The van der Waals surface area contributed by atoms with Crippen molar-refractivity contribution in [3.63, 3.8) is 0 Å². The summed E-state index contributed by atoms with van der Waals surface area (Å²) in [6.45, 7) is 5.44. The van der Waals surface area contributed by atoms with Gasteiger partial charge in [0.2, 0.25) is 5.76 Å². The summed E-state index contributed by atoms with van der Waals surface area (Å²) in [5.74, 6) is -1.61. The highest BCUT2D eigenvalue weighted by molar-refractivity contribution is 5.95. The lowest BCUT2D eigenvalue weighted by Crippen LogP contribution is -2.22. The quantitative estimate of drug-likeness (QED) is 0.618. The number of carbonyl (C=O) groups excluding carboxylic acids is 2. The first-order valence-corrected chi connectivity index (χ1v) is 9.36. The second-order valence-electron chi connectivity index (χ2n) is 6.31. The van der Waals surface area contributed by atoms with E-state index in [2.05, 4.69) is 24.1 Å². The molecular weight excluding hydrogens is 372 g/mol. The number of carbonyl (C=O) groups is 2. The Morgan fingerprint density at radius 3 is 2.41 bits per heavy atom. The Morgan fingerprint density at radius 1 is 1.03 bits per heavy atom. The Kier molecular flexibility index (Phi) is 6.29. The van der Waals surface area contributed by atoms with Gasteiger partial charge in [-0.1, -0.05) is 12.1 Å². The molecule has 0 atom stereocenters. The van der Waals surface area contributed by atoms with Crippen LogP contribution in [0.25, 0.3) is 11.0 Å². The highest BCUT2D eigenvalue weighted by Crippen LogP contribution is 2.18. The molecule has 150 valence electrons. The number of nitrogens with zero attached hydrogens (tertiary/aromatic N) is 1. The minimum atomic E-state index is -0.875. The SMILES string of the molecule is CCN(CC)c1ccc(NC(=O)COC(=O)c2cc(=O)c3ccccc3o2)cc1. The van der Waals surface area contributed by atoms with E-state index >= 15 is 0 Å². The van der Waals surface area contributed by atoms with Crippen LogP contribution in [0.5, 0.6) is 0 Å². The molecule has 1 amide bonds. The van der Waals surface area contributed by atoms with Crippen molar-refractivity contribution in [2.24, 2.45) is 0 Å².